The van der Waals surface area contributed by atoms with E-state index in [2.05, 4.69) is 9.96 Å². The minimum atomic E-state index is -2.18. The number of nitrogens with one attached hydrogen (secondary N) is 2. The second-order valence-electron chi connectivity index (χ2n) is 8.53. The van der Waals surface area contributed by atoms with E-state index in [1.165, 1.54) is 0 Å². The van der Waals surface area contributed by atoms with Gasteiger partial charge in [-0.25, -0.2) is 4.39 Å². The fourth-order valence-corrected chi connectivity index (χ4v) is 4.39. The number of hydrogen-bond donors (Lipinski definition) is 2. The van der Waals surface area contributed by atoms with Gasteiger partial charge < -0.3 is 14.4 Å². The van der Waals surface area contributed by atoms with Crippen molar-refractivity contribution in [1.82, 2.24) is 9.96 Å². The summed E-state index contributed by atoms with van der Waals surface area (Å²) in [6.07, 6.45) is -3.37. The van der Waals surface area contributed by atoms with E-state index in [9.17, 15) is 14.0 Å². The number of halogens is 1. The van der Waals surface area contributed by atoms with Gasteiger partial charge in [-0.1, -0.05) is 39.3 Å². The van der Waals surface area contributed by atoms with Crippen molar-refractivity contribution in [2.75, 3.05) is 0 Å². The normalized spacial score (nSPS) is 15.9. The average molecular weight is 367 g/mol. The van der Waals surface area contributed by atoms with Crippen molar-refractivity contribution < 1.29 is 18.4 Å². The summed E-state index contributed by atoms with van der Waals surface area (Å²) >= 11 is 0. The molecule has 0 bridgehead atoms. The van der Waals surface area contributed by atoms with Crippen LogP contribution >= 0.6 is 0 Å². The van der Waals surface area contributed by atoms with Gasteiger partial charge in [0.1, 0.15) is 16.5 Å². The summed E-state index contributed by atoms with van der Waals surface area (Å²) in [5.74, 6) is -1.28. The predicted molar refractivity (Wildman–Crippen MR) is 96.1 cm³/mol. The standard InChI is InChI=1S/C13H31FN2O3Si3/c1-20(2,3)15-12(17)10(14)11(19-22(7,8)9)13(18)16-21(4,5)6/h10-11H,1-9H3,(H,15,17)(H,16,18)/t10-,11-/m1/s1. The molecule has 2 atom stereocenters. The maximum absolute atomic E-state index is 14.6. The van der Waals surface area contributed by atoms with Gasteiger partial charge in [0.2, 0.25) is 18.0 Å². The molecule has 2 amide bonds. The molecule has 0 aliphatic rings. The first-order valence-electron chi connectivity index (χ1n) is 7.48. The van der Waals surface area contributed by atoms with E-state index in [-0.39, 0.29) is 0 Å². The Hall–Kier alpha value is -0.519. The minimum absolute atomic E-state index is 0.528. The second-order valence-corrected chi connectivity index (χ2v) is 22.5. The Kier molecular flexibility index (Phi) is 7.19. The second kappa shape index (κ2) is 7.37. The van der Waals surface area contributed by atoms with Crippen LogP contribution in [0.2, 0.25) is 58.9 Å². The number of hydrogen-bond acceptors (Lipinski definition) is 3. The topological polar surface area (TPSA) is 67.4 Å². The Labute approximate surface area is 136 Å². The molecule has 0 fully saturated rings. The molecule has 2 N–H and O–H groups in total. The Morgan fingerprint density at radius 2 is 1.18 bits per heavy atom. The Morgan fingerprint density at radius 1 is 0.818 bits per heavy atom. The fraction of sp³-hybridized carbons (Fsp3) is 0.846. The smallest absolute Gasteiger partial charge is 0.250 e. The summed E-state index contributed by atoms with van der Waals surface area (Å²) in [5, 5.41) is 0. The molecule has 0 spiro atoms. The third-order valence-electron chi connectivity index (χ3n) is 2.25. The van der Waals surface area contributed by atoms with Crippen LogP contribution in [0.3, 0.4) is 0 Å². The summed E-state index contributed by atoms with van der Waals surface area (Å²) in [7, 11) is -6.10. The molecule has 0 aromatic heterocycles. The first kappa shape index (κ1) is 21.5. The zero-order chi connectivity index (χ0) is 17.9. The quantitative estimate of drug-likeness (QED) is 0.680. The van der Waals surface area contributed by atoms with Gasteiger partial charge in [-0.2, -0.15) is 0 Å². The van der Waals surface area contributed by atoms with Gasteiger partial charge >= 0.3 is 0 Å². The highest BCUT2D eigenvalue weighted by molar-refractivity contribution is 6.76. The molecule has 0 rings (SSSR count). The molecule has 0 saturated heterocycles. The van der Waals surface area contributed by atoms with Gasteiger partial charge in [-0.05, 0) is 19.6 Å². The summed E-state index contributed by atoms with van der Waals surface area (Å²) in [5.41, 5.74) is 0. The van der Waals surface area contributed by atoms with Crippen LogP contribution < -0.4 is 9.96 Å². The number of rotatable bonds is 7. The van der Waals surface area contributed by atoms with Crippen molar-refractivity contribution in [2.45, 2.75) is 71.2 Å². The summed E-state index contributed by atoms with van der Waals surface area (Å²) in [4.78, 5) is 30.0. The van der Waals surface area contributed by atoms with Crippen molar-refractivity contribution >= 4 is 36.6 Å². The van der Waals surface area contributed by atoms with Crippen LogP contribution in [0.15, 0.2) is 0 Å². The molecule has 0 aromatic carbocycles. The van der Waals surface area contributed by atoms with Crippen LogP contribution in [0.5, 0.6) is 0 Å². The predicted octanol–water partition coefficient (Wildman–Crippen LogP) is 2.45. The molecule has 0 unspecified atom stereocenters. The Bertz CT molecular complexity index is 414. The molecule has 130 valence electrons. The molecule has 0 aromatic rings. The lowest BCUT2D eigenvalue weighted by molar-refractivity contribution is -0.138. The van der Waals surface area contributed by atoms with Crippen molar-refractivity contribution in [3.63, 3.8) is 0 Å². The van der Waals surface area contributed by atoms with Crippen molar-refractivity contribution in [3.05, 3.63) is 0 Å². The van der Waals surface area contributed by atoms with Crippen molar-refractivity contribution in [3.8, 4) is 0 Å². The van der Waals surface area contributed by atoms with Crippen LogP contribution in [0, 0.1) is 0 Å². The third-order valence-corrected chi connectivity index (χ3v) is 5.21. The fourth-order valence-electron chi connectivity index (χ4n) is 1.64. The number of carbonyl (C=O) groups is 2. The third kappa shape index (κ3) is 9.49. The molecule has 5 nitrogen and oxygen atoms in total. The molecule has 0 aliphatic heterocycles. The van der Waals surface area contributed by atoms with Gasteiger partial charge in [0.15, 0.2) is 14.4 Å². The molecule has 0 saturated carbocycles. The highest BCUT2D eigenvalue weighted by atomic mass is 28.4. The maximum Gasteiger partial charge on any atom is 0.250 e. The zero-order valence-corrected chi connectivity index (χ0v) is 18.3. The largest absolute Gasteiger partial charge is 0.403 e. The van der Waals surface area contributed by atoms with E-state index in [0.29, 0.717) is 0 Å². The highest BCUT2D eigenvalue weighted by Crippen LogP contribution is 2.15. The molecule has 0 heterocycles. The number of carbonyl (C=O) groups excluding carboxylic acids is 2. The molecule has 9 heteroatoms. The first-order chi connectivity index (χ1) is 9.52. The summed E-state index contributed by atoms with van der Waals surface area (Å²) in [6.45, 7) is 17.1. The van der Waals surface area contributed by atoms with E-state index in [1.54, 1.807) is 0 Å². The van der Waals surface area contributed by atoms with Crippen molar-refractivity contribution in [1.29, 1.82) is 0 Å². The number of alkyl halides is 1. The summed E-state index contributed by atoms with van der Waals surface area (Å²) in [6, 6.07) is 0. The van der Waals surface area contributed by atoms with E-state index < -0.39 is 48.9 Å². The van der Waals surface area contributed by atoms with Crippen LogP contribution in [-0.2, 0) is 14.0 Å². The van der Waals surface area contributed by atoms with Gasteiger partial charge in [0.25, 0.3) is 0 Å². The molecule has 22 heavy (non-hydrogen) atoms. The first-order valence-corrected chi connectivity index (χ1v) is 17.9. The van der Waals surface area contributed by atoms with E-state index in [0.717, 1.165) is 0 Å². The highest BCUT2D eigenvalue weighted by Gasteiger charge is 2.40. The Balaban J connectivity index is 5.23. The Morgan fingerprint density at radius 3 is 1.50 bits per heavy atom. The van der Waals surface area contributed by atoms with E-state index >= 15 is 0 Å². The zero-order valence-electron chi connectivity index (χ0n) is 15.3. The van der Waals surface area contributed by atoms with Gasteiger partial charge in [-0.3, -0.25) is 9.59 Å². The lowest BCUT2D eigenvalue weighted by atomic mass is 10.2. The van der Waals surface area contributed by atoms with Crippen LogP contribution in [0.1, 0.15) is 0 Å². The number of amides is 2. The molecular formula is C13H31FN2O3Si3. The van der Waals surface area contributed by atoms with Gasteiger partial charge in [-0.15, -0.1) is 0 Å². The van der Waals surface area contributed by atoms with E-state index in [1.807, 2.05) is 58.9 Å². The maximum atomic E-state index is 14.6. The van der Waals surface area contributed by atoms with Crippen molar-refractivity contribution in [2.24, 2.45) is 0 Å². The molecule has 0 aliphatic carbocycles. The minimum Gasteiger partial charge on any atom is -0.403 e. The van der Waals surface area contributed by atoms with Gasteiger partial charge in [0, 0.05) is 0 Å². The monoisotopic (exact) mass is 366 g/mol. The van der Waals surface area contributed by atoms with Gasteiger partial charge in [0.05, 0.1) is 0 Å². The van der Waals surface area contributed by atoms with E-state index in [4.69, 9.17) is 4.43 Å². The summed E-state index contributed by atoms with van der Waals surface area (Å²) < 4.78 is 20.3. The lowest BCUT2D eigenvalue weighted by Gasteiger charge is -2.31. The average Bonchev–Trinajstić information content (AvgIpc) is 2.18. The van der Waals surface area contributed by atoms with Crippen LogP contribution in [0.4, 0.5) is 4.39 Å². The SMILES string of the molecule is C[Si](C)(C)NC(=O)[C@H](F)[C@@H](O[Si](C)(C)C)C(=O)N[Si](C)(C)C. The molecular weight excluding hydrogens is 335 g/mol. The lowest BCUT2D eigenvalue weighted by Crippen LogP contribution is -2.59. The molecule has 0 radical (unpaired) electrons. The van der Waals surface area contributed by atoms with Crippen LogP contribution in [0.25, 0.3) is 0 Å². The van der Waals surface area contributed by atoms with Crippen LogP contribution in [-0.4, -0.2) is 48.9 Å².